The van der Waals surface area contributed by atoms with Crippen LogP contribution >= 0.6 is 0 Å². The fourth-order valence-electron chi connectivity index (χ4n) is 2.95. The number of hydrogen-bond acceptors (Lipinski definition) is 0. The summed E-state index contributed by atoms with van der Waals surface area (Å²) < 4.78 is 2.33. The van der Waals surface area contributed by atoms with Crippen molar-refractivity contribution in [1.82, 2.24) is 4.57 Å². The predicted molar refractivity (Wildman–Crippen MR) is 93.4 cm³/mol. The van der Waals surface area contributed by atoms with E-state index in [9.17, 15) is 0 Å². The zero-order valence-electron chi connectivity index (χ0n) is 12.5. The Labute approximate surface area is 130 Å². The second kappa shape index (κ2) is 5.19. The molecule has 106 valence electrons. The predicted octanol–water partition coefficient (Wildman–Crippen LogP) is 5.61. The van der Waals surface area contributed by atoms with E-state index >= 15 is 0 Å². The van der Waals surface area contributed by atoms with Crippen molar-refractivity contribution in [2.24, 2.45) is 0 Å². The average Bonchev–Trinajstić information content (AvgIpc) is 2.96. The summed E-state index contributed by atoms with van der Waals surface area (Å²) in [5.41, 5.74) is 6.19. The van der Waals surface area contributed by atoms with Gasteiger partial charge in [-0.15, -0.1) is 0 Å². The number of rotatable bonds is 2. The van der Waals surface area contributed by atoms with Gasteiger partial charge in [-0.2, -0.15) is 0 Å². The number of para-hydroxylation sites is 2. The van der Waals surface area contributed by atoms with Gasteiger partial charge in [-0.1, -0.05) is 66.2 Å². The third-order valence-corrected chi connectivity index (χ3v) is 4.07. The molecule has 0 aliphatic carbocycles. The second-order valence-electron chi connectivity index (χ2n) is 5.63. The van der Waals surface area contributed by atoms with Crippen molar-refractivity contribution in [2.75, 3.05) is 0 Å². The normalized spacial score (nSPS) is 11.0. The minimum absolute atomic E-state index is 1.19. The average molecular weight is 283 g/mol. The highest BCUT2D eigenvalue weighted by Gasteiger charge is 2.11. The van der Waals surface area contributed by atoms with E-state index in [1.54, 1.807) is 0 Å². The Hall–Kier alpha value is -2.80. The van der Waals surface area contributed by atoms with Gasteiger partial charge in [-0.25, -0.2) is 0 Å². The molecule has 1 heterocycles. The van der Waals surface area contributed by atoms with Crippen LogP contribution in [0.3, 0.4) is 0 Å². The zero-order valence-corrected chi connectivity index (χ0v) is 12.5. The summed E-state index contributed by atoms with van der Waals surface area (Å²) in [5, 5.41) is 1.27. The topological polar surface area (TPSA) is 4.93 Å². The van der Waals surface area contributed by atoms with Crippen LogP contribution in [0.15, 0.2) is 84.9 Å². The van der Waals surface area contributed by atoms with Crippen LogP contribution in [0.2, 0.25) is 0 Å². The van der Waals surface area contributed by atoms with Gasteiger partial charge < -0.3 is 4.57 Å². The molecule has 0 bridgehead atoms. The molecule has 0 saturated carbocycles. The van der Waals surface area contributed by atoms with Crippen LogP contribution in [0.4, 0.5) is 0 Å². The van der Waals surface area contributed by atoms with Gasteiger partial charge in [0.1, 0.15) is 0 Å². The molecule has 4 rings (SSSR count). The van der Waals surface area contributed by atoms with E-state index in [0.717, 1.165) is 0 Å². The minimum atomic E-state index is 1.19. The van der Waals surface area contributed by atoms with E-state index in [-0.39, 0.29) is 0 Å². The SMILES string of the molecule is Cc1ccc(-c2cc3ccccc3n2-c2ccccc2)cc1. The number of benzene rings is 3. The minimum Gasteiger partial charge on any atom is -0.309 e. The Kier molecular flexibility index (Phi) is 3.05. The smallest absolute Gasteiger partial charge is 0.0540 e. The van der Waals surface area contributed by atoms with Crippen LogP contribution in [0.25, 0.3) is 27.8 Å². The van der Waals surface area contributed by atoms with Crippen molar-refractivity contribution in [3.05, 3.63) is 90.5 Å². The van der Waals surface area contributed by atoms with Gasteiger partial charge in [-0.05, 0) is 36.8 Å². The molecule has 0 unspecified atom stereocenters. The third-order valence-electron chi connectivity index (χ3n) is 4.07. The summed E-state index contributed by atoms with van der Waals surface area (Å²) in [5.74, 6) is 0. The fraction of sp³-hybridized carbons (Fsp3) is 0.0476. The summed E-state index contributed by atoms with van der Waals surface area (Å²) in [4.78, 5) is 0. The van der Waals surface area contributed by atoms with Gasteiger partial charge >= 0.3 is 0 Å². The van der Waals surface area contributed by atoms with Crippen molar-refractivity contribution < 1.29 is 0 Å². The van der Waals surface area contributed by atoms with Crippen LogP contribution in [0.1, 0.15) is 5.56 Å². The number of hydrogen-bond donors (Lipinski definition) is 0. The second-order valence-corrected chi connectivity index (χ2v) is 5.63. The van der Waals surface area contributed by atoms with Crippen molar-refractivity contribution in [2.45, 2.75) is 6.92 Å². The molecular formula is C21H17N. The Balaban J connectivity index is 2.04. The van der Waals surface area contributed by atoms with Crippen molar-refractivity contribution >= 4 is 10.9 Å². The first kappa shape index (κ1) is 12.9. The lowest BCUT2D eigenvalue weighted by Crippen LogP contribution is -1.96. The molecule has 4 aromatic rings. The molecule has 22 heavy (non-hydrogen) atoms. The molecule has 0 saturated heterocycles. The Morgan fingerprint density at radius 1 is 0.682 bits per heavy atom. The fourth-order valence-corrected chi connectivity index (χ4v) is 2.95. The maximum absolute atomic E-state index is 2.33. The van der Waals surface area contributed by atoms with Crippen molar-refractivity contribution in [3.63, 3.8) is 0 Å². The van der Waals surface area contributed by atoms with Gasteiger partial charge in [0.25, 0.3) is 0 Å². The van der Waals surface area contributed by atoms with Crippen molar-refractivity contribution in [3.8, 4) is 16.9 Å². The quantitative estimate of drug-likeness (QED) is 0.451. The highest BCUT2D eigenvalue weighted by molar-refractivity contribution is 5.89. The monoisotopic (exact) mass is 283 g/mol. The first-order valence-corrected chi connectivity index (χ1v) is 7.56. The van der Waals surface area contributed by atoms with Crippen LogP contribution < -0.4 is 0 Å². The molecular weight excluding hydrogens is 266 g/mol. The Morgan fingerprint density at radius 2 is 1.36 bits per heavy atom. The Morgan fingerprint density at radius 3 is 2.14 bits per heavy atom. The largest absolute Gasteiger partial charge is 0.309 e. The molecule has 0 fully saturated rings. The lowest BCUT2D eigenvalue weighted by molar-refractivity contribution is 1.13. The number of fused-ring (bicyclic) bond motifs is 1. The molecule has 0 aliphatic heterocycles. The molecule has 1 aromatic heterocycles. The molecule has 1 heteroatoms. The van der Waals surface area contributed by atoms with E-state index in [1.165, 1.54) is 33.4 Å². The van der Waals surface area contributed by atoms with Crippen LogP contribution in [-0.2, 0) is 0 Å². The van der Waals surface area contributed by atoms with E-state index in [4.69, 9.17) is 0 Å². The zero-order chi connectivity index (χ0) is 14.9. The standard InChI is InChI=1S/C21H17N/c1-16-11-13-17(14-12-16)21-15-18-7-5-6-10-20(18)22(21)19-8-3-2-4-9-19/h2-15H,1H3. The highest BCUT2D eigenvalue weighted by atomic mass is 15.0. The van der Waals surface area contributed by atoms with E-state index in [2.05, 4.69) is 96.4 Å². The summed E-state index contributed by atoms with van der Waals surface area (Å²) in [7, 11) is 0. The molecule has 0 spiro atoms. The maximum Gasteiger partial charge on any atom is 0.0540 e. The first-order valence-electron chi connectivity index (χ1n) is 7.56. The number of aromatic nitrogens is 1. The summed E-state index contributed by atoms with van der Waals surface area (Å²) in [6, 6.07) is 30.1. The lowest BCUT2D eigenvalue weighted by Gasteiger charge is -2.11. The van der Waals surface area contributed by atoms with E-state index < -0.39 is 0 Å². The third kappa shape index (κ3) is 2.11. The summed E-state index contributed by atoms with van der Waals surface area (Å²) in [6.45, 7) is 2.12. The number of aryl methyl sites for hydroxylation is 1. The molecule has 0 radical (unpaired) electrons. The van der Waals surface area contributed by atoms with Gasteiger partial charge in [0.15, 0.2) is 0 Å². The van der Waals surface area contributed by atoms with Gasteiger partial charge in [0, 0.05) is 11.1 Å². The molecule has 1 nitrogen and oxygen atoms in total. The van der Waals surface area contributed by atoms with Gasteiger partial charge in [0.05, 0.1) is 11.2 Å². The molecule has 0 atom stereocenters. The van der Waals surface area contributed by atoms with Crippen LogP contribution in [0, 0.1) is 6.92 Å². The van der Waals surface area contributed by atoms with Crippen LogP contribution in [-0.4, -0.2) is 4.57 Å². The molecule has 0 N–H and O–H groups in total. The summed E-state index contributed by atoms with van der Waals surface area (Å²) >= 11 is 0. The molecule has 0 aliphatic rings. The van der Waals surface area contributed by atoms with Crippen molar-refractivity contribution in [1.29, 1.82) is 0 Å². The van der Waals surface area contributed by atoms with Gasteiger partial charge in [-0.3, -0.25) is 0 Å². The lowest BCUT2D eigenvalue weighted by atomic mass is 10.1. The molecule has 3 aromatic carbocycles. The van der Waals surface area contributed by atoms with E-state index in [0.29, 0.717) is 0 Å². The highest BCUT2D eigenvalue weighted by Crippen LogP contribution is 2.31. The van der Waals surface area contributed by atoms with E-state index in [1.807, 2.05) is 0 Å². The Bertz CT molecular complexity index is 915. The first-order chi connectivity index (χ1) is 10.8. The van der Waals surface area contributed by atoms with Crippen LogP contribution in [0.5, 0.6) is 0 Å². The van der Waals surface area contributed by atoms with Gasteiger partial charge in [0.2, 0.25) is 0 Å². The molecule has 0 amide bonds. The number of nitrogens with zero attached hydrogens (tertiary/aromatic N) is 1. The summed E-state index contributed by atoms with van der Waals surface area (Å²) in [6.07, 6.45) is 0. The maximum atomic E-state index is 2.33.